The van der Waals surface area contributed by atoms with E-state index in [4.69, 9.17) is 0 Å². The Balaban J connectivity index is 1.68. The monoisotopic (exact) mass is 291 g/mol. The van der Waals surface area contributed by atoms with Crippen LogP contribution in [0.5, 0.6) is 0 Å². The number of hydrogen-bond acceptors (Lipinski definition) is 4. The van der Waals surface area contributed by atoms with Crippen LogP contribution in [-0.2, 0) is 6.54 Å². The molecule has 3 heterocycles. The van der Waals surface area contributed by atoms with Crippen molar-refractivity contribution in [3.8, 4) is 0 Å². The van der Waals surface area contributed by atoms with Crippen LogP contribution in [0.2, 0.25) is 0 Å². The van der Waals surface area contributed by atoms with Gasteiger partial charge in [0.1, 0.15) is 0 Å². The van der Waals surface area contributed by atoms with Crippen molar-refractivity contribution in [2.24, 2.45) is 0 Å². The molecule has 0 saturated carbocycles. The molecule has 2 saturated heterocycles. The van der Waals surface area contributed by atoms with Crippen LogP contribution in [-0.4, -0.2) is 46.5 Å². The lowest BCUT2D eigenvalue weighted by Crippen LogP contribution is -2.55. The fourth-order valence-corrected chi connectivity index (χ4v) is 4.55. The van der Waals surface area contributed by atoms with Gasteiger partial charge in [0.25, 0.3) is 0 Å². The highest BCUT2D eigenvalue weighted by Crippen LogP contribution is 2.37. The summed E-state index contributed by atoms with van der Waals surface area (Å²) in [5, 5.41) is 3.40. The molecule has 0 bridgehead atoms. The molecule has 0 aliphatic carbocycles. The molecule has 0 aromatic carbocycles. The molecular formula is C16H25N3S. The van der Waals surface area contributed by atoms with Crippen molar-refractivity contribution >= 4 is 11.3 Å². The zero-order chi connectivity index (χ0) is 14.0. The predicted octanol–water partition coefficient (Wildman–Crippen LogP) is 3.07. The maximum atomic E-state index is 4.62. The molecule has 4 heteroatoms. The van der Waals surface area contributed by atoms with Gasteiger partial charge in [0.05, 0.1) is 10.7 Å². The molecule has 0 amide bonds. The summed E-state index contributed by atoms with van der Waals surface area (Å²) < 4.78 is 0. The smallest absolute Gasteiger partial charge is 0.0897 e. The molecule has 1 aromatic rings. The van der Waals surface area contributed by atoms with Gasteiger partial charge >= 0.3 is 0 Å². The summed E-state index contributed by atoms with van der Waals surface area (Å²) in [6.45, 7) is 11.8. The van der Waals surface area contributed by atoms with Gasteiger partial charge in [-0.05, 0) is 45.7 Å². The number of rotatable bonds is 4. The molecule has 0 unspecified atom stereocenters. The molecule has 1 spiro atoms. The van der Waals surface area contributed by atoms with E-state index in [1.165, 1.54) is 56.0 Å². The van der Waals surface area contributed by atoms with E-state index >= 15 is 0 Å². The molecule has 2 fully saturated rings. The van der Waals surface area contributed by atoms with E-state index in [2.05, 4.69) is 39.7 Å². The lowest BCUT2D eigenvalue weighted by atomic mass is 9.86. The predicted molar refractivity (Wildman–Crippen MR) is 85.1 cm³/mol. The second-order valence-corrected chi connectivity index (χ2v) is 7.30. The van der Waals surface area contributed by atoms with Gasteiger partial charge in [-0.2, -0.15) is 0 Å². The van der Waals surface area contributed by atoms with Crippen molar-refractivity contribution in [3.05, 3.63) is 28.7 Å². The van der Waals surface area contributed by atoms with E-state index in [1.54, 1.807) is 11.3 Å². The van der Waals surface area contributed by atoms with Gasteiger partial charge in [0.15, 0.2) is 0 Å². The molecule has 20 heavy (non-hydrogen) atoms. The summed E-state index contributed by atoms with van der Waals surface area (Å²) in [4.78, 5) is 9.90. The summed E-state index contributed by atoms with van der Waals surface area (Å²) in [7, 11) is 0. The molecule has 1 atom stereocenters. The Morgan fingerprint density at radius 2 is 2.20 bits per heavy atom. The number of thiazole rings is 1. The van der Waals surface area contributed by atoms with Crippen LogP contribution < -0.4 is 0 Å². The normalized spacial score (nSPS) is 28.2. The van der Waals surface area contributed by atoms with Gasteiger partial charge in [-0.3, -0.25) is 9.80 Å². The van der Waals surface area contributed by atoms with E-state index in [1.807, 2.05) is 0 Å². The number of likely N-dealkylation sites (tertiary alicyclic amines) is 2. The summed E-state index contributed by atoms with van der Waals surface area (Å²) in [5.74, 6) is 0. The van der Waals surface area contributed by atoms with Crippen LogP contribution >= 0.6 is 11.3 Å². The highest BCUT2D eigenvalue weighted by atomic mass is 32.1. The van der Waals surface area contributed by atoms with Gasteiger partial charge < -0.3 is 0 Å². The second kappa shape index (κ2) is 5.96. The van der Waals surface area contributed by atoms with E-state index in [-0.39, 0.29) is 0 Å². The summed E-state index contributed by atoms with van der Waals surface area (Å²) in [6.07, 6.45) is 7.44. The first-order valence-corrected chi connectivity index (χ1v) is 8.59. The number of hydrogen-bond donors (Lipinski definition) is 0. The first kappa shape index (κ1) is 14.2. The Morgan fingerprint density at radius 1 is 1.40 bits per heavy atom. The number of piperidine rings is 1. The van der Waals surface area contributed by atoms with Crippen molar-refractivity contribution in [2.45, 2.75) is 44.7 Å². The molecule has 3 rings (SSSR count). The molecule has 2 aliphatic heterocycles. The minimum absolute atomic E-state index is 0.414. The topological polar surface area (TPSA) is 19.4 Å². The molecule has 3 nitrogen and oxygen atoms in total. The van der Waals surface area contributed by atoms with Crippen molar-refractivity contribution in [2.75, 3.05) is 26.2 Å². The molecule has 0 N–H and O–H groups in total. The first-order valence-electron chi connectivity index (χ1n) is 7.71. The average molecular weight is 291 g/mol. The lowest BCUT2D eigenvalue weighted by molar-refractivity contribution is 0.0444. The van der Waals surface area contributed by atoms with Gasteiger partial charge in [0, 0.05) is 30.6 Å². The van der Waals surface area contributed by atoms with E-state index in [0.717, 1.165) is 13.1 Å². The third-order valence-corrected chi connectivity index (χ3v) is 5.60. The van der Waals surface area contributed by atoms with Crippen molar-refractivity contribution in [1.29, 1.82) is 0 Å². The van der Waals surface area contributed by atoms with Crippen LogP contribution in [0.25, 0.3) is 0 Å². The number of aromatic nitrogens is 1. The highest BCUT2D eigenvalue weighted by Gasteiger charge is 2.43. The fourth-order valence-electron chi connectivity index (χ4n) is 3.95. The van der Waals surface area contributed by atoms with E-state index in [0.29, 0.717) is 5.54 Å². The maximum absolute atomic E-state index is 4.62. The Morgan fingerprint density at radius 3 is 2.90 bits per heavy atom. The standard InChI is InChI=1S/C16H25N3S/c1-3-8-19-10-5-7-16(19)6-4-9-18(13-16)11-15-12-20-14(2)17-15/h3,12H,1,4-11,13H2,2H3/t16-/m1/s1. The van der Waals surface area contributed by atoms with Crippen LogP contribution in [0.1, 0.15) is 36.4 Å². The largest absolute Gasteiger partial charge is 0.296 e. The Bertz CT molecular complexity index is 470. The average Bonchev–Trinajstić information content (AvgIpc) is 2.99. The van der Waals surface area contributed by atoms with Gasteiger partial charge in [-0.15, -0.1) is 17.9 Å². The van der Waals surface area contributed by atoms with Gasteiger partial charge in [-0.1, -0.05) is 6.08 Å². The highest BCUT2D eigenvalue weighted by molar-refractivity contribution is 7.09. The third-order valence-electron chi connectivity index (χ3n) is 4.78. The molecule has 2 aliphatic rings. The van der Waals surface area contributed by atoms with Crippen LogP contribution in [0, 0.1) is 6.92 Å². The summed E-state index contributed by atoms with van der Waals surface area (Å²) in [5.41, 5.74) is 1.66. The third kappa shape index (κ3) is 2.83. The Kier molecular flexibility index (Phi) is 4.24. The minimum atomic E-state index is 0.414. The van der Waals surface area contributed by atoms with Crippen molar-refractivity contribution in [3.63, 3.8) is 0 Å². The summed E-state index contributed by atoms with van der Waals surface area (Å²) in [6, 6.07) is 0. The van der Waals surface area contributed by atoms with Crippen LogP contribution in [0.15, 0.2) is 18.0 Å². The second-order valence-electron chi connectivity index (χ2n) is 6.23. The van der Waals surface area contributed by atoms with Crippen LogP contribution in [0.4, 0.5) is 0 Å². The SMILES string of the molecule is C=CCN1CCC[C@@]12CCCN(Cc1csc(C)n1)C2. The Labute approximate surface area is 126 Å². The quantitative estimate of drug-likeness (QED) is 0.795. The zero-order valence-electron chi connectivity index (χ0n) is 12.5. The summed E-state index contributed by atoms with van der Waals surface area (Å²) >= 11 is 1.76. The molecule has 110 valence electrons. The van der Waals surface area contributed by atoms with Crippen LogP contribution in [0.3, 0.4) is 0 Å². The number of nitrogens with zero attached hydrogens (tertiary/aromatic N) is 3. The number of aryl methyl sites for hydroxylation is 1. The van der Waals surface area contributed by atoms with E-state index < -0.39 is 0 Å². The van der Waals surface area contributed by atoms with Gasteiger partial charge in [-0.25, -0.2) is 4.98 Å². The molecule has 0 radical (unpaired) electrons. The lowest BCUT2D eigenvalue weighted by Gasteiger charge is -2.45. The van der Waals surface area contributed by atoms with Crippen molar-refractivity contribution in [1.82, 2.24) is 14.8 Å². The minimum Gasteiger partial charge on any atom is -0.296 e. The fraction of sp³-hybridized carbons (Fsp3) is 0.688. The van der Waals surface area contributed by atoms with Gasteiger partial charge in [0.2, 0.25) is 0 Å². The Hall–Kier alpha value is -0.710. The maximum Gasteiger partial charge on any atom is 0.0897 e. The molecule has 1 aromatic heterocycles. The zero-order valence-corrected chi connectivity index (χ0v) is 13.3. The van der Waals surface area contributed by atoms with Crippen molar-refractivity contribution < 1.29 is 0 Å². The molecular weight excluding hydrogens is 266 g/mol. The van der Waals surface area contributed by atoms with E-state index in [9.17, 15) is 0 Å². The first-order chi connectivity index (χ1) is 9.72.